The second-order valence-electron chi connectivity index (χ2n) is 7.65. The molecule has 1 aliphatic carbocycles. The Labute approximate surface area is 169 Å². The molecule has 1 heterocycles. The quantitative estimate of drug-likeness (QED) is 0.702. The highest BCUT2D eigenvalue weighted by atomic mass is 16.5. The molecule has 1 aromatic carbocycles. The lowest BCUT2D eigenvalue weighted by Crippen LogP contribution is -2.40. The second kappa shape index (κ2) is 9.07. The lowest BCUT2D eigenvalue weighted by atomic mass is 9.79. The molecule has 1 saturated carbocycles. The third-order valence-corrected chi connectivity index (χ3v) is 5.86. The predicted molar refractivity (Wildman–Crippen MR) is 104 cm³/mol. The van der Waals surface area contributed by atoms with Crippen molar-refractivity contribution < 1.29 is 29.0 Å². The van der Waals surface area contributed by atoms with Gasteiger partial charge in [-0.1, -0.05) is 25.0 Å². The molecule has 2 fully saturated rings. The van der Waals surface area contributed by atoms with Gasteiger partial charge < -0.3 is 20.1 Å². The summed E-state index contributed by atoms with van der Waals surface area (Å²) >= 11 is 0. The molecule has 1 saturated heterocycles. The third kappa shape index (κ3) is 4.58. The van der Waals surface area contributed by atoms with Crippen molar-refractivity contribution in [2.45, 2.75) is 32.1 Å². The molecule has 2 aliphatic rings. The number of rotatable bonds is 6. The van der Waals surface area contributed by atoms with Gasteiger partial charge in [-0.15, -0.1) is 0 Å². The third-order valence-electron chi connectivity index (χ3n) is 5.86. The standard InChI is InChI=1S/C21H26N2O6/c1-29-21(28)16-8-4-5-9-17(16)23-12-14(10-18(23)24)19(25)22-11-13-6-2-3-7-15(13)20(26)27/h4-5,8-9,13-15H,2-3,6-7,10-12H2,1H3,(H,22,25)(H,26,27)/t13-,14?,15-/m0/s1. The molecule has 2 amide bonds. The number of esters is 1. The summed E-state index contributed by atoms with van der Waals surface area (Å²) < 4.78 is 4.78. The highest BCUT2D eigenvalue weighted by Gasteiger charge is 2.37. The van der Waals surface area contributed by atoms with Gasteiger partial charge in [0.15, 0.2) is 0 Å². The normalized spacial score (nSPS) is 24.2. The molecular formula is C21H26N2O6. The van der Waals surface area contributed by atoms with Crippen LogP contribution < -0.4 is 10.2 Å². The first-order valence-electron chi connectivity index (χ1n) is 9.90. The lowest BCUT2D eigenvalue weighted by molar-refractivity contribution is -0.145. The monoisotopic (exact) mass is 402 g/mol. The molecule has 156 valence electrons. The summed E-state index contributed by atoms with van der Waals surface area (Å²) in [6.45, 7) is 0.477. The number of nitrogens with zero attached hydrogens (tertiary/aromatic N) is 1. The average Bonchev–Trinajstić information content (AvgIpc) is 3.13. The molecule has 0 radical (unpaired) electrons. The van der Waals surface area contributed by atoms with Gasteiger partial charge in [-0.3, -0.25) is 14.4 Å². The molecule has 8 heteroatoms. The first kappa shape index (κ1) is 20.8. The number of nitrogens with one attached hydrogen (secondary N) is 1. The highest BCUT2D eigenvalue weighted by molar-refractivity contribution is 6.05. The molecule has 1 aromatic rings. The number of hydrogen-bond acceptors (Lipinski definition) is 5. The Hall–Kier alpha value is -2.90. The first-order valence-corrected chi connectivity index (χ1v) is 9.90. The van der Waals surface area contributed by atoms with Crippen LogP contribution in [0.3, 0.4) is 0 Å². The molecule has 0 bridgehead atoms. The van der Waals surface area contributed by atoms with Crippen molar-refractivity contribution in [3.8, 4) is 0 Å². The van der Waals surface area contributed by atoms with Crippen molar-refractivity contribution in [1.82, 2.24) is 5.32 Å². The van der Waals surface area contributed by atoms with Gasteiger partial charge in [0.05, 0.1) is 30.2 Å². The number of amides is 2. The second-order valence-corrected chi connectivity index (χ2v) is 7.65. The van der Waals surface area contributed by atoms with E-state index in [1.807, 2.05) is 0 Å². The fourth-order valence-corrected chi connectivity index (χ4v) is 4.26. The van der Waals surface area contributed by atoms with Gasteiger partial charge in [0.2, 0.25) is 11.8 Å². The van der Waals surface area contributed by atoms with Crippen molar-refractivity contribution in [1.29, 1.82) is 0 Å². The van der Waals surface area contributed by atoms with E-state index in [0.717, 1.165) is 19.3 Å². The van der Waals surface area contributed by atoms with Gasteiger partial charge in [0.1, 0.15) is 0 Å². The number of anilines is 1. The maximum Gasteiger partial charge on any atom is 0.339 e. The van der Waals surface area contributed by atoms with Crippen molar-refractivity contribution >= 4 is 29.4 Å². The Kier molecular flexibility index (Phi) is 6.51. The zero-order chi connectivity index (χ0) is 21.0. The molecule has 0 aromatic heterocycles. The van der Waals surface area contributed by atoms with E-state index in [1.165, 1.54) is 12.0 Å². The Morgan fingerprint density at radius 2 is 1.93 bits per heavy atom. The summed E-state index contributed by atoms with van der Waals surface area (Å²) in [5.41, 5.74) is 0.703. The number of aliphatic carboxylic acids is 1. The molecule has 3 rings (SSSR count). The van der Waals surface area contributed by atoms with Crippen molar-refractivity contribution in [2.75, 3.05) is 25.1 Å². The molecule has 1 unspecified atom stereocenters. The number of para-hydroxylation sites is 1. The Balaban J connectivity index is 1.64. The Morgan fingerprint density at radius 3 is 2.66 bits per heavy atom. The number of carbonyl (C=O) groups is 4. The fourth-order valence-electron chi connectivity index (χ4n) is 4.26. The van der Waals surface area contributed by atoms with E-state index in [-0.39, 0.29) is 36.3 Å². The number of methoxy groups -OCH3 is 1. The number of carbonyl (C=O) groups excluding carboxylic acids is 3. The van der Waals surface area contributed by atoms with Crippen LogP contribution in [0.15, 0.2) is 24.3 Å². The number of benzene rings is 1. The summed E-state index contributed by atoms with van der Waals surface area (Å²) in [7, 11) is 1.27. The van der Waals surface area contributed by atoms with E-state index in [1.54, 1.807) is 24.3 Å². The molecule has 3 atom stereocenters. The van der Waals surface area contributed by atoms with Gasteiger partial charge in [0.25, 0.3) is 0 Å². The van der Waals surface area contributed by atoms with Crippen LogP contribution in [0.25, 0.3) is 0 Å². The topological polar surface area (TPSA) is 113 Å². The number of hydrogen-bond donors (Lipinski definition) is 2. The fraction of sp³-hybridized carbons (Fsp3) is 0.524. The van der Waals surface area contributed by atoms with E-state index < -0.39 is 23.8 Å². The van der Waals surface area contributed by atoms with Crippen LogP contribution in [0.2, 0.25) is 0 Å². The van der Waals surface area contributed by atoms with Crippen LogP contribution in [0.5, 0.6) is 0 Å². The Bertz CT molecular complexity index is 808. The molecule has 29 heavy (non-hydrogen) atoms. The summed E-state index contributed by atoms with van der Waals surface area (Å²) in [6, 6.07) is 6.64. The van der Waals surface area contributed by atoms with Gasteiger partial charge in [-0.25, -0.2) is 4.79 Å². The summed E-state index contributed by atoms with van der Waals surface area (Å²) in [5, 5.41) is 12.2. The smallest absolute Gasteiger partial charge is 0.339 e. The van der Waals surface area contributed by atoms with Gasteiger partial charge >= 0.3 is 11.9 Å². The highest BCUT2D eigenvalue weighted by Crippen LogP contribution is 2.31. The van der Waals surface area contributed by atoms with Crippen molar-refractivity contribution in [3.05, 3.63) is 29.8 Å². The van der Waals surface area contributed by atoms with E-state index in [9.17, 15) is 24.3 Å². The zero-order valence-corrected chi connectivity index (χ0v) is 16.4. The largest absolute Gasteiger partial charge is 0.481 e. The zero-order valence-electron chi connectivity index (χ0n) is 16.4. The van der Waals surface area contributed by atoms with E-state index in [0.29, 0.717) is 18.7 Å². The molecule has 8 nitrogen and oxygen atoms in total. The predicted octanol–water partition coefficient (Wildman–Crippen LogP) is 1.83. The minimum absolute atomic E-state index is 0.0500. The van der Waals surface area contributed by atoms with Crippen molar-refractivity contribution in [2.24, 2.45) is 17.8 Å². The summed E-state index contributed by atoms with van der Waals surface area (Å²) in [5.74, 6) is -2.91. The first-order chi connectivity index (χ1) is 13.9. The van der Waals surface area contributed by atoms with Crippen LogP contribution in [-0.4, -0.2) is 49.1 Å². The van der Waals surface area contributed by atoms with Gasteiger partial charge in [-0.2, -0.15) is 0 Å². The molecular weight excluding hydrogens is 376 g/mol. The van der Waals surface area contributed by atoms with Crippen LogP contribution in [0.1, 0.15) is 42.5 Å². The summed E-state index contributed by atoms with van der Waals surface area (Å²) in [4.78, 5) is 50.0. The molecule has 0 spiro atoms. The van der Waals surface area contributed by atoms with Crippen LogP contribution in [-0.2, 0) is 19.1 Å². The van der Waals surface area contributed by atoms with E-state index >= 15 is 0 Å². The summed E-state index contributed by atoms with van der Waals surface area (Å²) in [6.07, 6.45) is 3.32. The number of carboxylic acids is 1. The maximum absolute atomic E-state index is 12.6. The number of carboxylic acid groups (broad SMARTS) is 1. The van der Waals surface area contributed by atoms with Crippen molar-refractivity contribution in [3.63, 3.8) is 0 Å². The van der Waals surface area contributed by atoms with E-state index in [4.69, 9.17) is 4.74 Å². The lowest BCUT2D eigenvalue weighted by Gasteiger charge is -2.29. The average molecular weight is 402 g/mol. The van der Waals surface area contributed by atoms with Crippen LogP contribution >= 0.6 is 0 Å². The van der Waals surface area contributed by atoms with Gasteiger partial charge in [0, 0.05) is 19.5 Å². The minimum Gasteiger partial charge on any atom is -0.481 e. The van der Waals surface area contributed by atoms with Crippen LogP contribution in [0, 0.1) is 17.8 Å². The van der Waals surface area contributed by atoms with Gasteiger partial charge in [-0.05, 0) is 30.9 Å². The van der Waals surface area contributed by atoms with Crippen LogP contribution in [0.4, 0.5) is 5.69 Å². The molecule has 1 aliphatic heterocycles. The molecule has 2 N–H and O–H groups in total. The number of ether oxygens (including phenoxy) is 1. The SMILES string of the molecule is COC(=O)c1ccccc1N1CC(C(=O)NC[C@@H]2CCCC[C@@H]2C(=O)O)CC1=O. The van der Waals surface area contributed by atoms with E-state index in [2.05, 4.69) is 5.32 Å². The minimum atomic E-state index is -0.814. The maximum atomic E-state index is 12.6. The Morgan fingerprint density at radius 1 is 1.21 bits per heavy atom.